The van der Waals surface area contributed by atoms with Gasteiger partial charge in [-0.05, 0) is 50.0 Å². The quantitative estimate of drug-likeness (QED) is 0.589. The van der Waals surface area contributed by atoms with E-state index in [9.17, 15) is 22.8 Å². The van der Waals surface area contributed by atoms with Crippen molar-refractivity contribution >= 4 is 34.6 Å². The second-order valence-corrected chi connectivity index (χ2v) is 7.37. The normalized spacial score (nSPS) is 18.2. The number of nitrogens with one attached hydrogen (secondary N) is 1. The number of carbonyl (C=O) groups is 2. The smallest absolute Gasteiger partial charge is 0.394 e. The summed E-state index contributed by atoms with van der Waals surface area (Å²) in [6.07, 6.45) is -1.02. The van der Waals surface area contributed by atoms with Crippen molar-refractivity contribution in [1.82, 2.24) is 0 Å². The predicted octanol–water partition coefficient (Wildman–Crippen LogP) is 3.75. The van der Waals surface area contributed by atoms with Crippen molar-refractivity contribution in [3.8, 4) is 0 Å². The lowest BCUT2D eigenvalue weighted by molar-refractivity contribution is -0.116. The second-order valence-electron chi connectivity index (χ2n) is 6.46. The van der Waals surface area contributed by atoms with E-state index < -0.39 is 17.8 Å². The lowest BCUT2D eigenvalue weighted by Gasteiger charge is -2.20. The maximum Gasteiger partial charge on any atom is 0.431 e. The highest BCUT2D eigenvalue weighted by molar-refractivity contribution is 7.12. The van der Waals surface area contributed by atoms with Gasteiger partial charge in [-0.15, -0.1) is 11.3 Å². The van der Waals surface area contributed by atoms with Crippen molar-refractivity contribution in [2.45, 2.75) is 51.1 Å². The number of halogens is 3. The van der Waals surface area contributed by atoms with Crippen LogP contribution >= 0.6 is 11.3 Å². The molecule has 1 aliphatic carbocycles. The van der Waals surface area contributed by atoms with E-state index in [0.29, 0.717) is 48.5 Å². The molecule has 28 heavy (non-hydrogen) atoms. The van der Waals surface area contributed by atoms with Crippen molar-refractivity contribution in [2.24, 2.45) is 16.5 Å². The van der Waals surface area contributed by atoms with Crippen LogP contribution in [0.4, 0.5) is 18.9 Å². The summed E-state index contributed by atoms with van der Waals surface area (Å²) in [4.78, 5) is 27.8. The topological polar surface area (TPSA) is 111 Å². The number of hydrogen-bond acceptors (Lipinski definition) is 5. The number of nitrogens with zero attached hydrogens (tertiary/aromatic N) is 1. The van der Waals surface area contributed by atoms with E-state index >= 15 is 0 Å². The Kier molecular flexibility index (Phi) is 7.61. The van der Waals surface area contributed by atoms with Crippen LogP contribution in [0.5, 0.6) is 0 Å². The summed E-state index contributed by atoms with van der Waals surface area (Å²) in [5.74, 6) is -0.858. The lowest BCUT2D eigenvalue weighted by Crippen LogP contribution is -2.26. The van der Waals surface area contributed by atoms with E-state index in [-0.39, 0.29) is 24.3 Å². The summed E-state index contributed by atoms with van der Waals surface area (Å²) in [5, 5.41) is 4.30. The van der Waals surface area contributed by atoms with Crippen LogP contribution in [0.2, 0.25) is 0 Å². The van der Waals surface area contributed by atoms with Gasteiger partial charge in [0.05, 0.1) is 5.69 Å². The molecule has 1 aromatic rings. The molecule has 0 unspecified atom stereocenters. The van der Waals surface area contributed by atoms with Crippen molar-refractivity contribution in [1.29, 1.82) is 0 Å². The minimum Gasteiger partial charge on any atom is -0.394 e. The first-order valence-electron chi connectivity index (χ1n) is 8.96. The number of hydrogen-bond donors (Lipinski definition) is 3. The number of thiophene rings is 1. The summed E-state index contributed by atoms with van der Waals surface area (Å²) < 4.78 is 38.6. The van der Waals surface area contributed by atoms with Crippen molar-refractivity contribution in [3.63, 3.8) is 0 Å². The molecule has 2 rings (SSSR count). The van der Waals surface area contributed by atoms with Crippen molar-refractivity contribution in [3.05, 3.63) is 27.6 Å². The summed E-state index contributed by atoms with van der Waals surface area (Å²) in [6.45, 7) is 0.336. The van der Waals surface area contributed by atoms with Crippen LogP contribution in [0, 0.1) is 0 Å². The van der Waals surface area contributed by atoms with Crippen LogP contribution in [0.3, 0.4) is 0 Å². The van der Waals surface area contributed by atoms with Crippen LogP contribution in [-0.2, 0) is 4.79 Å². The number of primary amides is 1. The average molecular weight is 416 g/mol. The van der Waals surface area contributed by atoms with Gasteiger partial charge < -0.3 is 16.8 Å². The SMILES string of the molecule is NC(=O)c1sccc1NC(=O)CCCCN=C1CCCCC1=C(N)C(F)(F)F. The van der Waals surface area contributed by atoms with Crippen LogP contribution < -0.4 is 16.8 Å². The first-order chi connectivity index (χ1) is 13.2. The van der Waals surface area contributed by atoms with Gasteiger partial charge in [-0.3, -0.25) is 14.6 Å². The highest BCUT2D eigenvalue weighted by Gasteiger charge is 2.35. The third-order valence-corrected chi connectivity index (χ3v) is 5.28. The van der Waals surface area contributed by atoms with E-state index in [1.165, 1.54) is 0 Å². The van der Waals surface area contributed by atoms with E-state index in [0.717, 1.165) is 17.8 Å². The molecule has 1 saturated carbocycles. The Morgan fingerprint density at radius 3 is 2.57 bits per heavy atom. The lowest BCUT2D eigenvalue weighted by atomic mass is 9.91. The van der Waals surface area contributed by atoms with Gasteiger partial charge in [-0.2, -0.15) is 13.2 Å². The summed E-state index contributed by atoms with van der Waals surface area (Å²) in [7, 11) is 0. The molecule has 0 bridgehead atoms. The van der Waals surface area contributed by atoms with Crippen LogP contribution in [0.15, 0.2) is 27.7 Å². The Hall–Kier alpha value is -2.36. The summed E-state index contributed by atoms with van der Waals surface area (Å²) in [5.41, 5.74) is 10.4. The van der Waals surface area contributed by atoms with Gasteiger partial charge in [0.2, 0.25) is 5.91 Å². The number of anilines is 1. The Bertz CT molecular complexity index is 784. The molecular formula is C18H23F3N4O2S. The Balaban J connectivity index is 1.83. The van der Waals surface area contributed by atoms with E-state index in [1.54, 1.807) is 11.4 Å². The third kappa shape index (κ3) is 6.08. The number of unbranched alkanes of at least 4 members (excludes halogenated alkanes) is 1. The van der Waals surface area contributed by atoms with Crippen LogP contribution in [0.25, 0.3) is 0 Å². The van der Waals surface area contributed by atoms with Crippen LogP contribution in [-0.4, -0.2) is 30.2 Å². The summed E-state index contributed by atoms with van der Waals surface area (Å²) in [6, 6.07) is 1.61. The number of aliphatic imine (C=N–C) groups is 1. The number of rotatable bonds is 7. The fourth-order valence-electron chi connectivity index (χ4n) is 2.95. The fraction of sp³-hybridized carbons (Fsp3) is 0.500. The number of carbonyl (C=O) groups excluding carboxylic acids is 2. The van der Waals surface area contributed by atoms with Crippen molar-refractivity contribution < 1.29 is 22.8 Å². The zero-order valence-corrected chi connectivity index (χ0v) is 16.1. The molecule has 0 aliphatic heterocycles. The minimum absolute atomic E-state index is 0.105. The van der Waals surface area contributed by atoms with Gasteiger partial charge >= 0.3 is 6.18 Å². The number of amides is 2. The molecule has 2 amide bonds. The number of alkyl halides is 3. The third-order valence-electron chi connectivity index (χ3n) is 4.35. The molecule has 1 aliphatic rings. The highest BCUT2D eigenvalue weighted by Crippen LogP contribution is 2.31. The van der Waals surface area contributed by atoms with Crippen LogP contribution in [0.1, 0.15) is 54.6 Å². The number of allylic oxidation sites excluding steroid dienone is 2. The molecule has 0 spiro atoms. The van der Waals surface area contributed by atoms with E-state index in [4.69, 9.17) is 11.5 Å². The average Bonchev–Trinajstić information content (AvgIpc) is 3.08. The molecule has 0 radical (unpaired) electrons. The predicted molar refractivity (Wildman–Crippen MR) is 103 cm³/mol. The Labute approximate surface area is 164 Å². The van der Waals surface area contributed by atoms with Gasteiger partial charge in [0.15, 0.2) is 0 Å². The fourth-order valence-corrected chi connectivity index (χ4v) is 3.65. The zero-order valence-electron chi connectivity index (χ0n) is 15.3. The maximum atomic E-state index is 12.9. The molecule has 154 valence electrons. The molecule has 0 aromatic carbocycles. The van der Waals surface area contributed by atoms with Gasteiger partial charge in [0, 0.05) is 24.3 Å². The largest absolute Gasteiger partial charge is 0.431 e. The van der Waals surface area contributed by atoms with E-state index in [1.807, 2.05) is 0 Å². The Morgan fingerprint density at radius 1 is 1.18 bits per heavy atom. The van der Waals surface area contributed by atoms with Gasteiger partial charge in [-0.25, -0.2) is 0 Å². The standard InChI is InChI=1S/C18H23F3N4O2S/c19-18(20,21)16(22)11-5-1-2-6-12(11)24-9-4-3-7-14(26)25-13-8-10-28-15(13)17(23)27/h8,10H,1-7,9,22H2,(H2,23,27)(H,25,26). The Morgan fingerprint density at radius 2 is 1.89 bits per heavy atom. The molecule has 6 nitrogen and oxygen atoms in total. The van der Waals surface area contributed by atoms with E-state index in [2.05, 4.69) is 10.3 Å². The first kappa shape index (κ1) is 21.9. The zero-order chi connectivity index (χ0) is 20.7. The van der Waals surface area contributed by atoms with Gasteiger partial charge in [0.1, 0.15) is 10.6 Å². The molecule has 1 heterocycles. The molecule has 1 aromatic heterocycles. The molecule has 1 fully saturated rings. The minimum atomic E-state index is -4.54. The molecule has 5 N–H and O–H groups in total. The molecular weight excluding hydrogens is 393 g/mol. The number of nitrogens with two attached hydrogens (primary N) is 2. The summed E-state index contributed by atoms with van der Waals surface area (Å²) >= 11 is 1.15. The molecule has 0 atom stereocenters. The monoisotopic (exact) mass is 416 g/mol. The van der Waals surface area contributed by atoms with Crippen molar-refractivity contribution in [2.75, 3.05) is 11.9 Å². The molecule has 10 heteroatoms. The van der Waals surface area contributed by atoms with Gasteiger partial charge in [-0.1, -0.05) is 0 Å². The highest BCUT2D eigenvalue weighted by atomic mass is 32.1. The maximum absolute atomic E-state index is 12.9. The second kappa shape index (κ2) is 9.72. The first-order valence-corrected chi connectivity index (χ1v) is 9.84. The van der Waals surface area contributed by atoms with Gasteiger partial charge in [0.25, 0.3) is 5.91 Å². The molecule has 0 saturated heterocycles.